The third kappa shape index (κ3) is 2.68. The Morgan fingerprint density at radius 3 is 2.60 bits per heavy atom. The molecule has 0 aliphatic heterocycles. The van der Waals surface area contributed by atoms with Crippen LogP contribution in [-0.2, 0) is 6.42 Å². The van der Waals surface area contributed by atoms with Crippen molar-refractivity contribution in [3.05, 3.63) is 59.1 Å². The smallest absolute Gasteiger partial charge is 0.142 e. The molecule has 2 aromatic heterocycles. The third-order valence-electron chi connectivity index (χ3n) is 4.47. The van der Waals surface area contributed by atoms with E-state index < -0.39 is 0 Å². The van der Waals surface area contributed by atoms with Gasteiger partial charge < -0.3 is 0 Å². The zero-order valence-corrected chi connectivity index (χ0v) is 16.0. The summed E-state index contributed by atoms with van der Waals surface area (Å²) in [4.78, 5) is 13.5. The molecule has 3 nitrogen and oxygen atoms in total. The molecule has 0 aliphatic rings. The average molecular weight is 366 g/mol. The Hall–Kier alpha value is -2.09. The molecular formula is C20H17ClN3P. The number of aromatic nitrogens is 3. The van der Waals surface area contributed by atoms with E-state index in [1.54, 1.807) is 6.20 Å². The van der Waals surface area contributed by atoms with E-state index in [0.29, 0.717) is 11.0 Å². The van der Waals surface area contributed by atoms with Crippen LogP contribution in [0.3, 0.4) is 0 Å². The van der Waals surface area contributed by atoms with Gasteiger partial charge in [0.05, 0.1) is 16.6 Å². The van der Waals surface area contributed by atoms with Crippen LogP contribution in [0.5, 0.6) is 0 Å². The molecule has 25 heavy (non-hydrogen) atoms. The van der Waals surface area contributed by atoms with Crippen LogP contribution in [0.25, 0.3) is 32.9 Å². The second-order valence-electron chi connectivity index (χ2n) is 6.02. The predicted molar refractivity (Wildman–Crippen MR) is 109 cm³/mol. The number of fused-ring (bicyclic) bond motifs is 2. The van der Waals surface area contributed by atoms with Crippen LogP contribution in [0.4, 0.5) is 0 Å². The van der Waals surface area contributed by atoms with Gasteiger partial charge in [0.15, 0.2) is 0 Å². The van der Waals surface area contributed by atoms with E-state index in [4.69, 9.17) is 16.6 Å². The molecule has 5 heteroatoms. The minimum atomic E-state index is 0.442. The largest absolute Gasteiger partial charge is 0.255 e. The van der Waals surface area contributed by atoms with Crippen molar-refractivity contribution in [3.63, 3.8) is 0 Å². The summed E-state index contributed by atoms with van der Waals surface area (Å²) < 4.78 is 0. The molecule has 0 amide bonds. The molecule has 2 aromatic carbocycles. The highest BCUT2D eigenvalue weighted by molar-refractivity contribution is 7.28. The van der Waals surface area contributed by atoms with Crippen LogP contribution in [0.2, 0.25) is 5.15 Å². The molecule has 0 N–H and O–H groups in total. The first-order valence-corrected chi connectivity index (χ1v) is 9.15. The molecular weight excluding hydrogens is 349 g/mol. The molecule has 0 saturated heterocycles. The van der Waals surface area contributed by atoms with E-state index in [1.807, 2.05) is 6.92 Å². The number of pyridine rings is 1. The Morgan fingerprint density at radius 2 is 1.84 bits per heavy atom. The number of hydrogen-bond donors (Lipinski definition) is 0. The van der Waals surface area contributed by atoms with Crippen molar-refractivity contribution in [2.24, 2.45) is 0 Å². The lowest BCUT2D eigenvalue weighted by Crippen LogP contribution is -2.07. The zero-order chi connectivity index (χ0) is 17.6. The standard InChI is InChI=1S/C20H17ClN3P/c1-3-12-6-4-7-13-8-5-9-14(16(12)13)17-19(25)18-15(10-22-17)20(21)24-11(2)23-18/h4-10H,3,25H2,1-2H3. The summed E-state index contributed by atoms with van der Waals surface area (Å²) in [7, 11) is 2.79. The average Bonchev–Trinajstić information content (AvgIpc) is 2.61. The van der Waals surface area contributed by atoms with Gasteiger partial charge in [-0.15, -0.1) is 9.24 Å². The van der Waals surface area contributed by atoms with Gasteiger partial charge in [0.25, 0.3) is 0 Å². The van der Waals surface area contributed by atoms with Gasteiger partial charge in [0.2, 0.25) is 0 Å². The van der Waals surface area contributed by atoms with Crippen LogP contribution in [0, 0.1) is 6.92 Å². The number of aryl methyl sites for hydroxylation is 2. The van der Waals surface area contributed by atoms with Gasteiger partial charge in [0, 0.05) is 17.1 Å². The van der Waals surface area contributed by atoms with Crippen LogP contribution >= 0.6 is 20.8 Å². The second kappa shape index (κ2) is 6.33. The van der Waals surface area contributed by atoms with E-state index in [9.17, 15) is 0 Å². The van der Waals surface area contributed by atoms with Crippen molar-refractivity contribution < 1.29 is 0 Å². The minimum absolute atomic E-state index is 0.442. The van der Waals surface area contributed by atoms with Crippen molar-refractivity contribution in [1.29, 1.82) is 0 Å². The third-order valence-corrected chi connectivity index (χ3v) is 5.31. The molecule has 0 saturated carbocycles. The summed E-state index contributed by atoms with van der Waals surface area (Å²) >= 11 is 6.28. The SMILES string of the molecule is CCc1cccc2cccc(-c3ncc4c(Cl)nc(C)nc4c3P)c12. The van der Waals surface area contributed by atoms with Gasteiger partial charge in [-0.25, -0.2) is 9.97 Å². The summed E-state index contributed by atoms with van der Waals surface area (Å²) in [6.07, 6.45) is 2.74. The van der Waals surface area contributed by atoms with Crippen molar-refractivity contribution >= 4 is 47.8 Å². The van der Waals surface area contributed by atoms with Crippen LogP contribution in [-0.4, -0.2) is 15.0 Å². The van der Waals surface area contributed by atoms with Crippen molar-refractivity contribution in [1.82, 2.24) is 15.0 Å². The Labute approximate surface area is 153 Å². The van der Waals surface area contributed by atoms with Gasteiger partial charge >= 0.3 is 0 Å². The summed E-state index contributed by atoms with van der Waals surface area (Å²) in [5.74, 6) is 0.658. The fourth-order valence-corrected chi connectivity index (χ4v) is 4.01. The summed E-state index contributed by atoms with van der Waals surface area (Å²) in [6.45, 7) is 4.03. The predicted octanol–water partition coefficient (Wildman–Crippen LogP) is 4.87. The Morgan fingerprint density at radius 1 is 1.08 bits per heavy atom. The van der Waals surface area contributed by atoms with E-state index in [-0.39, 0.29) is 0 Å². The monoisotopic (exact) mass is 365 g/mol. The fourth-order valence-electron chi connectivity index (χ4n) is 3.30. The normalized spacial score (nSPS) is 11.4. The molecule has 1 unspecified atom stereocenters. The lowest BCUT2D eigenvalue weighted by atomic mass is 9.95. The van der Waals surface area contributed by atoms with Gasteiger partial charge in [0.1, 0.15) is 11.0 Å². The number of halogens is 1. The number of benzene rings is 2. The lowest BCUT2D eigenvalue weighted by molar-refractivity contribution is 1.09. The Kier molecular flexibility index (Phi) is 4.15. The topological polar surface area (TPSA) is 38.7 Å². The molecule has 1 atom stereocenters. The summed E-state index contributed by atoms with van der Waals surface area (Å²) in [5, 5.41) is 4.64. The molecule has 0 fully saturated rings. The molecule has 124 valence electrons. The maximum Gasteiger partial charge on any atom is 0.142 e. The Balaban J connectivity index is 2.09. The first-order chi connectivity index (χ1) is 12.1. The molecule has 0 bridgehead atoms. The van der Waals surface area contributed by atoms with Crippen molar-refractivity contribution in [2.75, 3.05) is 0 Å². The number of nitrogens with zero attached hydrogens (tertiary/aromatic N) is 3. The quantitative estimate of drug-likeness (QED) is 0.376. The fraction of sp³-hybridized carbons (Fsp3) is 0.150. The summed E-state index contributed by atoms with van der Waals surface area (Å²) in [5.41, 5.74) is 4.18. The zero-order valence-electron chi connectivity index (χ0n) is 14.0. The van der Waals surface area contributed by atoms with E-state index >= 15 is 0 Å². The number of hydrogen-bond acceptors (Lipinski definition) is 3. The van der Waals surface area contributed by atoms with E-state index in [0.717, 1.165) is 33.9 Å². The van der Waals surface area contributed by atoms with E-state index in [2.05, 4.69) is 62.5 Å². The van der Waals surface area contributed by atoms with Crippen molar-refractivity contribution in [3.8, 4) is 11.3 Å². The molecule has 0 aliphatic carbocycles. The van der Waals surface area contributed by atoms with E-state index in [1.165, 1.54) is 16.3 Å². The van der Waals surface area contributed by atoms with Crippen LogP contribution in [0.1, 0.15) is 18.3 Å². The Bertz CT molecular complexity index is 1120. The molecule has 4 rings (SSSR count). The van der Waals surface area contributed by atoms with Gasteiger partial charge in [-0.05, 0) is 29.7 Å². The second-order valence-corrected chi connectivity index (χ2v) is 6.95. The van der Waals surface area contributed by atoms with Gasteiger partial charge in [-0.2, -0.15) is 0 Å². The van der Waals surface area contributed by atoms with Gasteiger partial charge in [-0.1, -0.05) is 54.9 Å². The minimum Gasteiger partial charge on any atom is -0.255 e. The molecule has 4 aromatic rings. The first-order valence-electron chi connectivity index (χ1n) is 8.19. The molecule has 0 radical (unpaired) electrons. The number of rotatable bonds is 2. The van der Waals surface area contributed by atoms with Crippen LogP contribution < -0.4 is 5.30 Å². The van der Waals surface area contributed by atoms with Crippen molar-refractivity contribution in [2.45, 2.75) is 20.3 Å². The highest BCUT2D eigenvalue weighted by Crippen LogP contribution is 2.32. The van der Waals surface area contributed by atoms with Crippen LogP contribution in [0.15, 0.2) is 42.6 Å². The highest BCUT2D eigenvalue weighted by atomic mass is 35.5. The maximum absolute atomic E-state index is 6.28. The first kappa shape index (κ1) is 16.4. The lowest BCUT2D eigenvalue weighted by Gasteiger charge is -2.13. The molecule has 0 spiro atoms. The highest BCUT2D eigenvalue weighted by Gasteiger charge is 2.15. The van der Waals surface area contributed by atoms with Gasteiger partial charge in [-0.3, -0.25) is 4.98 Å². The molecule has 2 heterocycles. The maximum atomic E-state index is 6.28. The summed E-state index contributed by atoms with van der Waals surface area (Å²) in [6, 6.07) is 12.8.